The highest BCUT2D eigenvalue weighted by Crippen LogP contribution is 2.43. The molecule has 1 amide bonds. The van der Waals surface area contributed by atoms with Gasteiger partial charge in [-0.25, -0.2) is 0 Å². The zero-order chi connectivity index (χ0) is 24.5. The van der Waals surface area contributed by atoms with Gasteiger partial charge in [-0.3, -0.25) is 19.5 Å². The van der Waals surface area contributed by atoms with Crippen LogP contribution < -0.4 is 9.64 Å². The molecule has 0 bridgehead atoms. The van der Waals surface area contributed by atoms with Crippen molar-refractivity contribution in [3.05, 3.63) is 108 Å². The number of fused-ring (bicyclic) bond motifs is 1. The molecule has 4 aromatic rings. The number of benzene rings is 3. The van der Waals surface area contributed by atoms with Gasteiger partial charge in [-0.15, -0.1) is 0 Å². The molecular formula is C29H24N2O4. The summed E-state index contributed by atoms with van der Waals surface area (Å²) in [7, 11) is 0. The normalized spacial score (nSPS) is 17.3. The predicted molar refractivity (Wildman–Crippen MR) is 135 cm³/mol. The molecular weight excluding hydrogens is 440 g/mol. The Labute approximate surface area is 203 Å². The number of carbonyl (C=O) groups excluding carboxylic acids is 2. The Morgan fingerprint density at radius 3 is 2.34 bits per heavy atom. The molecule has 0 saturated carbocycles. The minimum absolute atomic E-state index is 0.000776. The first kappa shape index (κ1) is 22.3. The van der Waals surface area contributed by atoms with Crippen molar-refractivity contribution < 1.29 is 19.4 Å². The number of aliphatic hydroxyl groups excluding tert-OH is 1. The van der Waals surface area contributed by atoms with Gasteiger partial charge in [-0.1, -0.05) is 42.5 Å². The van der Waals surface area contributed by atoms with E-state index >= 15 is 0 Å². The molecule has 2 heterocycles. The van der Waals surface area contributed by atoms with Gasteiger partial charge in [0, 0.05) is 17.1 Å². The maximum absolute atomic E-state index is 13.4. The highest BCUT2D eigenvalue weighted by molar-refractivity contribution is 6.52. The monoisotopic (exact) mass is 464 g/mol. The molecule has 1 aliphatic rings. The van der Waals surface area contributed by atoms with Crippen molar-refractivity contribution in [1.82, 2.24) is 4.98 Å². The number of rotatable bonds is 5. The molecule has 6 nitrogen and oxygen atoms in total. The van der Waals surface area contributed by atoms with Crippen molar-refractivity contribution in [3.8, 4) is 5.75 Å². The number of ether oxygens (including phenoxy) is 1. The first-order valence-corrected chi connectivity index (χ1v) is 11.4. The maximum atomic E-state index is 13.4. The van der Waals surface area contributed by atoms with Crippen LogP contribution in [0.3, 0.4) is 0 Å². The van der Waals surface area contributed by atoms with Gasteiger partial charge >= 0.3 is 0 Å². The van der Waals surface area contributed by atoms with Gasteiger partial charge < -0.3 is 9.84 Å². The number of Topliss-reactive ketones (excluding diaryl/α,β-unsaturated/α-hetero) is 1. The fourth-order valence-electron chi connectivity index (χ4n) is 4.44. The van der Waals surface area contributed by atoms with Crippen LogP contribution in [0.5, 0.6) is 5.75 Å². The van der Waals surface area contributed by atoms with Crippen molar-refractivity contribution in [2.75, 3.05) is 4.90 Å². The summed E-state index contributed by atoms with van der Waals surface area (Å²) in [6, 6.07) is 24.5. The molecule has 1 atom stereocenters. The Kier molecular flexibility index (Phi) is 5.79. The van der Waals surface area contributed by atoms with E-state index in [0.717, 1.165) is 10.8 Å². The summed E-state index contributed by atoms with van der Waals surface area (Å²) >= 11 is 0. The van der Waals surface area contributed by atoms with E-state index in [9.17, 15) is 14.7 Å². The summed E-state index contributed by atoms with van der Waals surface area (Å²) in [5.41, 5.74) is 1.48. The molecule has 174 valence electrons. The summed E-state index contributed by atoms with van der Waals surface area (Å²) in [6.07, 6.45) is 1.61. The van der Waals surface area contributed by atoms with Crippen LogP contribution in [0.25, 0.3) is 16.5 Å². The van der Waals surface area contributed by atoms with Crippen molar-refractivity contribution >= 4 is 33.9 Å². The number of hydrogen-bond acceptors (Lipinski definition) is 5. The lowest BCUT2D eigenvalue weighted by atomic mass is 9.97. The van der Waals surface area contributed by atoms with Gasteiger partial charge in [0.05, 0.1) is 23.1 Å². The largest absolute Gasteiger partial charge is 0.507 e. The lowest BCUT2D eigenvalue weighted by molar-refractivity contribution is -0.132. The number of pyridine rings is 1. The number of anilines is 1. The van der Waals surface area contributed by atoms with Crippen molar-refractivity contribution in [2.24, 2.45) is 0 Å². The van der Waals surface area contributed by atoms with Crippen molar-refractivity contribution in [3.63, 3.8) is 0 Å². The summed E-state index contributed by atoms with van der Waals surface area (Å²) in [5.74, 6) is -1.07. The average Bonchev–Trinajstić information content (AvgIpc) is 3.14. The molecule has 1 unspecified atom stereocenters. The quantitative estimate of drug-likeness (QED) is 0.235. The zero-order valence-electron chi connectivity index (χ0n) is 19.4. The second-order valence-corrected chi connectivity index (χ2v) is 8.61. The fourth-order valence-corrected chi connectivity index (χ4v) is 4.44. The smallest absolute Gasteiger partial charge is 0.300 e. The van der Waals surface area contributed by atoms with E-state index < -0.39 is 17.7 Å². The number of hydrogen-bond donors (Lipinski definition) is 1. The van der Waals surface area contributed by atoms with Gasteiger partial charge in [0.1, 0.15) is 17.6 Å². The number of ketones is 1. The number of aliphatic hydroxyl groups is 1. The molecule has 0 aliphatic carbocycles. The molecule has 1 saturated heterocycles. The molecule has 1 aromatic heterocycles. The van der Waals surface area contributed by atoms with Crippen LogP contribution in [0, 0.1) is 0 Å². The Morgan fingerprint density at radius 2 is 1.63 bits per heavy atom. The molecule has 5 rings (SSSR count). The van der Waals surface area contributed by atoms with Crippen LogP contribution in [0.1, 0.15) is 31.1 Å². The van der Waals surface area contributed by atoms with Crippen molar-refractivity contribution in [2.45, 2.75) is 26.0 Å². The fraction of sp³-hybridized carbons (Fsp3) is 0.138. The molecule has 3 aromatic carbocycles. The molecule has 0 spiro atoms. The lowest BCUT2D eigenvalue weighted by Gasteiger charge is -2.25. The third-order valence-electron chi connectivity index (χ3n) is 5.94. The van der Waals surface area contributed by atoms with Crippen LogP contribution in [0.15, 0.2) is 96.7 Å². The number of carbonyl (C=O) groups is 2. The van der Waals surface area contributed by atoms with Gasteiger partial charge in [-0.05, 0) is 61.7 Å². The van der Waals surface area contributed by atoms with Gasteiger partial charge in [0.2, 0.25) is 0 Å². The predicted octanol–water partition coefficient (Wildman–Crippen LogP) is 5.65. The van der Waals surface area contributed by atoms with Crippen LogP contribution >= 0.6 is 0 Å². The maximum Gasteiger partial charge on any atom is 0.300 e. The molecule has 1 N–H and O–H groups in total. The van der Waals surface area contributed by atoms with Gasteiger partial charge in [-0.2, -0.15) is 0 Å². The number of amides is 1. The lowest BCUT2D eigenvalue weighted by Crippen LogP contribution is -2.30. The van der Waals surface area contributed by atoms with E-state index in [2.05, 4.69) is 4.98 Å². The first-order valence-electron chi connectivity index (χ1n) is 11.4. The molecule has 6 heteroatoms. The molecule has 1 aliphatic heterocycles. The zero-order valence-corrected chi connectivity index (χ0v) is 19.4. The SMILES string of the molecule is CC(C)Oc1ccc(/C(O)=C2\C(=O)C(=O)N(c3cccc4ccccc34)C2c2ccccn2)cc1. The third kappa shape index (κ3) is 4.04. The van der Waals surface area contributed by atoms with Gasteiger partial charge in [0.15, 0.2) is 0 Å². The summed E-state index contributed by atoms with van der Waals surface area (Å²) in [6.45, 7) is 3.85. The second kappa shape index (κ2) is 9.06. The standard InChI is InChI=1S/C29H24N2O4/c1-18(2)35-21-15-13-20(14-16-21)27(32)25-26(23-11-5-6-17-30-23)31(29(34)28(25)33)24-12-7-9-19-8-3-4-10-22(19)24/h3-18,26,32H,1-2H3/b27-25+. The molecule has 0 radical (unpaired) electrons. The topological polar surface area (TPSA) is 79.7 Å². The van der Waals surface area contributed by atoms with E-state index in [1.165, 1.54) is 4.90 Å². The highest BCUT2D eigenvalue weighted by atomic mass is 16.5. The molecule has 35 heavy (non-hydrogen) atoms. The van der Waals surface area contributed by atoms with E-state index in [1.807, 2.05) is 56.3 Å². The Bertz CT molecular complexity index is 1440. The van der Waals surface area contributed by atoms with Crippen LogP contribution in [-0.4, -0.2) is 27.9 Å². The van der Waals surface area contributed by atoms with Gasteiger partial charge in [0.25, 0.3) is 11.7 Å². The summed E-state index contributed by atoms with van der Waals surface area (Å²) in [4.78, 5) is 32.7. The minimum Gasteiger partial charge on any atom is -0.507 e. The number of nitrogens with zero attached hydrogens (tertiary/aromatic N) is 2. The van der Waals surface area contributed by atoms with Crippen LogP contribution in [0.2, 0.25) is 0 Å². The van der Waals surface area contributed by atoms with Crippen LogP contribution in [-0.2, 0) is 9.59 Å². The van der Waals surface area contributed by atoms with E-state index in [-0.39, 0.29) is 17.4 Å². The Morgan fingerprint density at radius 1 is 0.914 bits per heavy atom. The second-order valence-electron chi connectivity index (χ2n) is 8.61. The summed E-state index contributed by atoms with van der Waals surface area (Å²) in [5, 5.41) is 13.1. The third-order valence-corrected chi connectivity index (χ3v) is 5.94. The first-order chi connectivity index (χ1) is 17.0. The number of aromatic nitrogens is 1. The van der Waals surface area contributed by atoms with E-state index in [1.54, 1.807) is 48.7 Å². The average molecular weight is 465 g/mol. The Balaban J connectivity index is 1.69. The Hall–Kier alpha value is -4.45. The highest BCUT2D eigenvalue weighted by Gasteiger charge is 2.48. The van der Waals surface area contributed by atoms with Crippen LogP contribution in [0.4, 0.5) is 5.69 Å². The van der Waals surface area contributed by atoms with E-state index in [0.29, 0.717) is 22.7 Å². The van der Waals surface area contributed by atoms with E-state index in [4.69, 9.17) is 4.74 Å². The van der Waals surface area contributed by atoms with Crippen molar-refractivity contribution in [1.29, 1.82) is 0 Å². The molecule has 1 fully saturated rings. The minimum atomic E-state index is -0.881. The summed E-state index contributed by atoms with van der Waals surface area (Å²) < 4.78 is 5.68.